The summed E-state index contributed by atoms with van der Waals surface area (Å²) in [6.45, 7) is 3.45. The topological polar surface area (TPSA) is 126 Å². The molecule has 0 spiro atoms. The van der Waals surface area contributed by atoms with Gasteiger partial charge in [-0.3, -0.25) is 14.5 Å². The first-order chi connectivity index (χ1) is 16.8. The zero-order chi connectivity index (χ0) is 25.3. The Morgan fingerprint density at radius 2 is 1.89 bits per heavy atom. The molecule has 1 amide bonds. The molecule has 1 aliphatic heterocycles. The number of ether oxygens (including phenoxy) is 2. The standard InChI is InChI=1S/C25H22N2O7S/c1-4-34-24(32)22-13(2)26-25(35-22)27-19(14-8-10-16(28)11-9-14)18(21(30)23(27)31)20(29)15-6-5-7-17(12-15)33-3/h5-12,19,28-29H,4H2,1-3H3. The molecular formula is C25H22N2O7S. The van der Waals surface area contributed by atoms with Crippen LogP contribution in [0, 0.1) is 6.92 Å². The molecule has 1 atom stereocenters. The number of rotatable bonds is 6. The quantitative estimate of drug-likeness (QED) is 0.228. The van der Waals surface area contributed by atoms with E-state index in [2.05, 4.69) is 4.98 Å². The number of phenols is 1. The Bertz CT molecular complexity index is 1340. The van der Waals surface area contributed by atoms with Gasteiger partial charge in [-0.2, -0.15) is 0 Å². The summed E-state index contributed by atoms with van der Waals surface area (Å²) >= 11 is 0.921. The number of amides is 1. The van der Waals surface area contributed by atoms with Gasteiger partial charge < -0.3 is 19.7 Å². The highest BCUT2D eigenvalue weighted by molar-refractivity contribution is 7.17. The van der Waals surface area contributed by atoms with Crippen LogP contribution in [0.3, 0.4) is 0 Å². The van der Waals surface area contributed by atoms with Gasteiger partial charge in [0.05, 0.1) is 31.0 Å². The molecule has 9 nitrogen and oxygen atoms in total. The molecule has 1 aromatic heterocycles. The van der Waals surface area contributed by atoms with E-state index in [0.29, 0.717) is 17.0 Å². The number of methoxy groups -OCH3 is 1. The Kier molecular flexibility index (Phi) is 6.57. The summed E-state index contributed by atoms with van der Waals surface area (Å²) in [5, 5.41) is 21.1. The number of benzene rings is 2. The first-order valence-electron chi connectivity index (χ1n) is 10.7. The van der Waals surface area contributed by atoms with Gasteiger partial charge in [0.2, 0.25) is 0 Å². The second-order valence-electron chi connectivity index (χ2n) is 7.62. The molecule has 4 rings (SSSR count). The number of thiazole rings is 1. The lowest BCUT2D eigenvalue weighted by molar-refractivity contribution is -0.132. The minimum absolute atomic E-state index is 0.00631. The third-order valence-electron chi connectivity index (χ3n) is 5.45. The maximum Gasteiger partial charge on any atom is 0.350 e. The van der Waals surface area contributed by atoms with Gasteiger partial charge in [-0.25, -0.2) is 9.78 Å². The highest BCUT2D eigenvalue weighted by Crippen LogP contribution is 2.44. The number of aliphatic hydroxyl groups is 1. The van der Waals surface area contributed by atoms with Gasteiger partial charge in [-0.15, -0.1) is 0 Å². The molecule has 0 bridgehead atoms. The molecule has 3 aromatic rings. The number of nitrogens with zero attached hydrogens (tertiary/aromatic N) is 2. The average molecular weight is 495 g/mol. The molecule has 0 radical (unpaired) electrons. The monoisotopic (exact) mass is 494 g/mol. The summed E-state index contributed by atoms with van der Waals surface area (Å²) in [4.78, 5) is 44.5. The molecule has 0 saturated carbocycles. The Balaban J connectivity index is 1.91. The number of Topliss-reactive ketones (excluding diaryl/α,β-unsaturated/α-hetero) is 1. The van der Waals surface area contributed by atoms with E-state index in [1.165, 1.54) is 19.2 Å². The van der Waals surface area contributed by atoms with E-state index in [4.69, 9.17) is 9.47 Å². The summed E-state index contributed by atoms with van der Waals surface area (Å²) < 4.78 is 10.3. The van der Waals surface area contributed by atoms with Crippen LogP contribution >= 0.6 is 11.3 Å². The number of hydrogen-bond donors (Lipinski definition) is 2. The summed E-state index contributed by atoms with van der Waals surface area (Å²) in [5.41, 5.74) is 0.938. The highest BCUT2D eigenvalue weighted by atomic mass is 32.1. The van der Waals surface area contributed by atoms with Crippen LogP contribution < -0.4 is 9.64 Å². The summed E-state index contributed by atoms with van der Waals surface area (Å²) in [6.07, 6.45) is 0. The second kappa shape index (κ2) is 9.59. The molecule has 180 valence electrons. The van der Waals surface area contributed by atoms with E-state index < -0.39 is 23.7 Å². The van der Waals surface area contributed by atoms with Gasteiger partial charge in [0.15, 0.2) is 5.13 Å². The van der Waals surface area contributed by atoms with Gasteiger partial charge in [-0.1, -0.05) is 35.6 Å². The van der Waals surface area contributed by atoms with Crippen LogP contribution in [0.25, 0.3) is 5.76 Å². The van der Waals surface area contributed by atoms with Gasteiger partial charge in [0, 0.05) is 5.56 Å². The van der Waals surface area contributed by atoms with Crippen molar-refractivity contribution in [2.75, 3.05) is 18.6 Å². The Hall–Kier alpha value is -4.18. The summed E-state index contributed by atoms with van der Waals surface area (Å²) in [7, 11) is 1.47. The van der Waals surface area contributed by atoms with Gasteiger partial charge in [0.25, 0.3) is 5.78 Å². The first-order valence-corrected chi connectivity index (χ1v) is 11.5. The number of carbonyl (C=O) groups excluding carboxylic acids is 3. The molecule has 35 heavy (non-hydrogen) atoms. The lowest BCUT2D eigenvalue weighted by Gasteiger charge is -2.23. The molecule has 1 aliphatic rings. The maximum atomic E-state index is 13.2. The molecule has 10 heteroatoms. The Morgan fingerprint density at radius 3 is 2.54 bits per heavy atom. The molecule has 2 aromatic carbocycles. The van der Waals surface area contributed by atoms with Crippen LogP contribution in [0.5, 0.6) is 11.5 Å². The maximum absolute atomic E-state index is 13.2. The fraction of sp³-hybridized carbons (Fsp3) is 0.200. The van der Waals surface area contributed by atoms with E-state index in [0.717, 1.165) is 16.2 Å². The van der Waals surface area contributed by atoms with E-state index in [9.17, 15) is 24.6 Å². The van der Waals surface area contributed by atoms with Crippen molar-refractivity contribution in [3.05, 3.63) is 75.8 Å². The fourth-order valence-electron chi connectivity index (χ4n) is 3.80. The zero-order valence-corrected chi connectivity index (χ0v) is 20.0. The third kappa shape index (κ3) is 4.35. The van der Waals surface area contributed by atoms with Crippen molar-refractivity contribution in [1.29, 1.82) is 0 Å². The number of carbonyl (C=O) groups is 3. The van der Waals surface area contributed by atoms with Crippen molar-refractivity contribution in [2.45, 2.75) is 19.9 Å². The van der Waals surface area contributed by atoms with E-state index in [1.807, 2.05) is 0 Å². The number of aromatic nitrogens is 1. The van der Waals surface area contributed by atoms with Gasteiger partial charge >= 0.3 is 11.9 Å². The minimum atomic E-state index is -1.05. The van der Waals surface area contributed by atoms with Crippen LogP contribution in [-0.2, 0) is 14.3 Å². The van der Waals surface area contributed by atoms with Crippen molar-refractivity contribution < 1.29 is 34.1 Å². The van der Waals surface area contributed by atoms with E-state index in [1.54, 1.807) is 50.2 Å². The number of esters is 1. The molecule has 1 saturated heterocycles. The molecule has 1 unspecified atom stereocenters. The van der Waals surface area contributed by atoms with Crippen LogP contribution in [0.15, 0.2) is 54.1 Å². The SMILES string of the molecule is CCOC(=O)c1sc(N2C(=O)C(=O)C(=C(O)c3cccc(OC)c3)C2c2ccc(O)cc2)nc1C. The normalized spacial score (nSPS) is 17.0. The smallest absolute Gasteiger partial charge is 0.350 e. The van der Waals surface area contributed by atoms with Crippen molar-refractivity contribution >= 4 is 39.9 Å². The largest absolute Gasteiger partial charge is 0.508 e. The number of aryl methyl sites for hydroxylation is 1. The van der Waals surface area contributed by atoms with E-state index in [-0.39, 0.29) is 39.3 Å². The van der Waals surface area contributed by atoms with Crippen molar-refractivity contribution in [1.82, 2.24) is 4.98 Å². The van der Waals surface area contributed by atoms with Crippen molar-refractivity contribution in [3.63, 3.8) is 0 Å². The summed E-state index contributed by atoms with van der Waals surface area (Å²) in [5.74, 6) is -2.33. The number of phenolic OH excluding ortho intramolecular Hbond substituents is 1. The minimum Gasteiger partial charge on any atom is -0.508 e. The van der Waals surface area contributed by atoms with E-state index >= 15 is 0 Å². The number of aromatic hydroxyl groups is 1. The molecular weight excluding hydrogens is 472 g/mol. The lowest BCUT2D eigenvalue weighted by Crippen LogP contribution is -2.29. The highest BCUT2D eigenvalue weighted by Gasteiger charge is 2.48. The lowest BCUT2D eigenvalue weighted by atomic mass is 9.95. The number of hydrogen-bond acceptors (Lipinski definition) is 9. The average Bonchev–Trinajstić information content (AvgIpc) is 3.36. The van der Waals surface area contributed by atoms with Crippen LogP contribution in [-0.4, -0.2) is 46.6 Å². The van der Waals surface area contributed by atoms with Gasteiger partial charge in [-0.05, 0) is 43.7 Å². The van der Waals surface area contributed by atoms with Crippen LogP contribution in [0.4, 0.5) is 5.13 Å². The second-order valence-corrected chi connectivity index (χ2v) is 8.60. The zero-order valence-electron chi connectivity index (χ0n) is 19.1. The number of aliphatic hydroxyl groups excluding tert-OH is 1. The molecule has 2 N–H and O–H groups in total. The van der Waals surface area contributed by atoms with Gasteiger partial charge in [0.1, 0.15) is 22.1 Å². The predicted octanol–water partition coefficient (Wildman–Crippen LogP) is 3.97. The third-order valence-corrected chi connectivity index (χ3v) is 6.59. The summed E-state index contributed by atoms with van der Waals surface area (Å²) in [6, 6.07) is 11.3. The van der Waals surface area contributed by atoms with Crippen molar-refractivity contribution in [3.8, 4) is 11.5 Å². The van der Waals surface area contributed by atoms with Crippen LogP contribution in [0.2, 0.25) is 0 Å². The predicted molar refractivity (Wildman–Crippen MR) is 129 cm³/mol. The fourth-order valence-corrected chi connectivity index (χ4v) is 4.79. The molecule has 0 aliphatic carbocycles. The molecule has 1 fully saturated rings. The van der Waals surface area contributed by atoms with Crippen LogP contribution in [0.1, 0.15) is 39.5 Å². The Morgan fingerprint density at radius 1 is 1.17 bits per heavy atom. The molecule has 2 heterocycles. The number of anilines is 1. The Labute approximate surface area is 204 Å². The number of ketones is 1. The van der Waals surface area contributed by atoms with Crippen molar-refractivity contribution in [2.24, 2.45) is 0 Å². The first kappa shape index (κ1) is 24.0.